The zero-order chi connectivity index (χ0) is 25.0. The van der Waals surface area contributed by atoms with Crippen LogP contribution in [0.25, 0.3) is 21.3 Å². The molecule has 1 aromatic carbocycles. The lowest BCUT2D eigenvalue weighted by molar-refractivity contribution is -0.174. The van der Waals surface area contributed by atoms with Crippen molar-refractivity contribution >= 4 is 43.4 Å². The molecular weight excluding hydrogens is 544 g/mol. The number of rotatable bonds is 4. The lowest BCUT2D eigenvalue weighted by Gasteiger charge is -2.42. The molecule has 1 amide bonds. The number of nitrogens with zero attached hydrogens (tertiary/aromatic N) is 3. The molecule has 35 heavy (non-hydrogen) atoms. The molecule has 3 aromatic rings. The Morgan fingerprint density at radius 3 is 2.74 bits per heavy atom. The summed E-state index contributed by atoms with van der Waals surface area (Å²) < 4.78 is 34.2. The number of benzene rings is 1. The van der Waals surface area contributed by atoms with E-state index in [1.807, 2.05) is 0 Å². The normalized spacial score (nSPS) is 17.9. The van der Waals surface area contributed by atoms with E-state index in [0.717, 1.165) is 0 Å². The second kappa shape index (κ2) is 8.78. The van der Waals surface area contributed by atoms with Crippen molar-refractivity contribution in [3.8, 4) is 23.0 Å². The van der Waals surface area contributed by atoms with Crippen LogP contribution in [0.5, 0.6) is 0 Å². The van der Waals surface area contributed by atoms with Crippen molar-refractivity contribution in [1.29, 1.82) is 0 Å². The zero-order valence-corrected chi connectivity index (χ0v) is 21.0. The molecule has 0 atom stereocenters. The van der Waals surface area contributed by atoms with Gasteiger partial charge in [-0.05, 0) is 40.5 Å². The molecule has 4 heterocycles. The first kappa shape index (κ1) is 24.1. The van der Waals surface area contributed by atoms with Gasteiger partial charge in [0.25, 0.3) is 5.56 Å². The molecule has 2 saturated heterocycles. The predicted octanol–water partition coefficient (Wildman–Crippen LogP) is 3.10. The highest BCUT2D eigenvalue weighted by atomic mass is 79.9. The molecule has 1 N–H and O–H groups in total. The summed E-state index contributed by atoms with van der Waals surface area (Å²) in [7, 11) is 0. The third-order valence-electron chi connectivity index (χ3n) is 5.95. The summed E-state index contributed by atoms with van der Waals surface area (Å²) in [6.07, 6.45) is 1.49. The van der Waals surface area contributed by atoms with Crippen molar-refractivity contribution in [2.75, 3.05) is 26.3 Å². The minimum Gasteiger partial charge on any atom is -0.384 e. The Labute approximate surface area is 211 Å². The molecule has 0 saturated carbocycles. The molecule has 5 rings (SSSR count). The first-order valence-electron chi connectivity index (χ1n) is 10.8. The SMILES string of the molecule is CC1(F)CN(C(=O)Cn2cnc3sc(C#CCC4(O)COC4)c(-c4ccc(F)c(Br)c4)c3c2=O)C1. The van der Waals surface area contributed by atoms with Gasteiger partial charge in [0.05, 0.1) is 47.4 Å². The average Bonchev–Trinajstić information content (AvgIpc) is 3.13. The molecular formula is C24H20BrF2N3O4S. The fourth-order valence-corrected chi connectivity index (χ4v) is 5.46. The van der Waals surface area contributed by atoms with Crippen molar-refractivity contribution in [1.82, 2.24) is 14.5 Å². The van der Waals surface area contributed by atoms with Crippen LogP contribution in [0.4, 0.5) is 8.78 Å². The van der Waals surface area contributed by atoms with Gasteiger partial charge in [-0.3, -0.25) is 14.2 Å². The highest BCUT2D eigenvalue weighted by molar-refractivity contribution is 9.10. The fourth-order valence-electron chi connectivity index (χ4n) is 4.05. The number of amides is 1. The van der Waals surface area contributed by atoms with Gasteiger partial charge in [-0.1, -0.05) is 17.9 Å². The quantitative estimate of drug-likeness (QED) is 0.493. The highest BCUT2D eigenvalue weighted by Gasteiger charge is 2.41. The first-order valence-corrected chi connectivity index (χ1v) is 12.4. The second-order valence-electron chi connectivity index (χ2n) is 9.15. The van der Waals surface area contributed by atoms with E-state index in [-0.39, 0.29) is 55.0 Å². The number of aliphatic hydroxyl groups is 1. The van der Waals surface area contributed by atoms with Crippen molar-refractivity contribution < 1.29 is 23.4 Å². The van der Waals surface area contributed by atoms with E-state index in [4.69, 9.17) is 4.74 Å². The van der Waals surface area contributed by atoms with Gasteiger partial charge in [0.2, 0.25) is 5.91 Å². The van der Waals surface area contributed by atoms with Crippen LogP contribution in [0.15, 0.2) is 33.8 Å². The third-order valence-corrected chi connectivity index (χ3v) is 7.57. The minimum absolute atomic E-state index is 0.0132. The van der Waals surface area contributed by atoms with E-state index in [2.05, 4.69) is 32.8 Å². The van der Waals surface area contributed by atoms with Crippen LogP contribution in [0, 0.1) is 17.7 Å². The van der Waals surface area contributed by atoms with E-state index >= 15 is 0 Å². The van der Waals surface area contributed by atoms with Gasteiger partial charge < -0.3 is 14.7 Å². The molecule has 0 bridgehead atoms. The maximum atomic E-state index is 13.9. The molecule has 182 valence electrons. The Bertz CT molecular complexity index is 1460. The van der Waals surface area contributed by atoms with Crippen LogP contribution < -0.4 is 5.56 Å². The van der Waals surface area contributed by atoms with Gasteiger partial charge in [-0.2, -0.15) is 0 Å². The standard InChI is InChI=1S/C24H20BrF2N3O4S/c1-23(27)9-30(10-23)18(31)8-29-13-28-21-20(22(29)32)19(14-4-5-16(26)15(25)7-14)17(35-21)3-2-6-24(33)11-34-12-24/h4-5,7,13,33H,6,8-12H2,1H3. The minimum atomic E-state index is -1.41. The number of likely N-dealkylation sites (tertiary alicyclic amines) is 1. The zero-order valence-electron chi connectivity index (χ0n) is 18.6. The highest BCUT2D eigenvalue weighted by Crippen LogP contribution is 2.37. The summed E-state index contributed by atoms with van der Waals surface area (Å²) in [5.74, 6) is 5.16. The number of carbonyl (C=O) groups is 1. The van der Waals surface area contributed by atoms with E-state index in [1.54, 1.807) is 12.1 Å². The molecule has 2 fully saturated rings. The Morgan fingerprint density at radius 1 is 1.37 bits per heavy atom. The molecule has 0 radical (unpaired) electrons. The third kappa shape index (κ3) is 4.63. The van der Waals surface area contributed by atoms with E-state index < -0.39 is 22.6 Å². The second-order valence-corrected chi connectivity index (χ2v) is 11.0. The van der Waals surface area contributed by atoms with Crippen LogP contribution >= 0.6 is 27.3 Å². The number of halogens is 3. The molecule has 0 unspecified atom stereocenters. The monoisotopic (exact) mass is 563 g/mol. The van der Waals surface area contributed by atoms with Gasteiger partial charge in [0.1, 0.15) is 28.5 Å². The van der Waals surface area contributed by atoms with Gasteiger partial charge >= 0.3 is 0 Å². The maximum Gasteiger partial charge on any atom is 0.263 e. The topological polar surface area (TPSA) is 84.7 Å². The Balaban J connectivity index is 1.57. The Kier molecular flexibility index (Phi) is 6.04. The van der Waals surface area contributed by atoms with Gasteiger partial charge in [0, 0.05) is 12.0 Å². The lowest BCUT2D eigenvalue weighted by Crippen LogP contribution is -2.60. The lowest BCUT2D eigenvalue weighted by atomic mass is 9.98. The van der Waals surface area contributed by atoms with E-state index in [1.165, 1.54) is 40.1 Å². The fraction of sp³-hybridized carbons (Fsp3) is 0.375. The molecule has 2 aliphatic heterocycles. The summed E-state index contributed by atoms with van der Waals surface area (Å²) >= 11 is 4.39. The number of aromatic nitrogens is 2. The van der Waals surface area contributed by atoms with Crippen molar-refractivity contribution in [2.45, 2.75) is 31.2 Å². The van der Waals surface area contributed by atoms with Crippen molar-refractivity contribution in [3.63, 3.8) is 0 Å². The van der Waals surface area contributed by atoms with Crippen molar-refractivity contribution in [2.24, 2.45) is 0 Å². The van der Waals surface area contributed by atoms with Crippen molar-refractivity contribution in [3.05, 3.63) is 50.0 Å². The molecule has 0 aliphatic carbocycles. The summed E-state index contributed by atoms with van der Waals surface area (Å²) in [5, 5.41) is 10.5. The Morgan fingerprint density at radius 2 is 2.11 bits per heavy atom. The number of hydrogen-bond acceptors (Lipinski definition) is 6. The van der Waals surface area contributed by atoms with Crippen LogP contribution in [-0.2, 0) is 16.1 Å². The van der Waals surface area contributed by atoms with Crippen LogP contribution in [0.2, 0.25) is 0 Å². The van der Waals surface area contributed by atoms with Crippen LogP contribution in [0.3, 0.4) is 0 Å². The summed E-state index contributed by atoms with van der Waals surface area (Å²) in [6.45, 7) is 1.55. The number of thiophene rings is 1. The number of hydrogen-bond donors (Lipinski definition) is 1. The summed E-state index contributed by atoms with van der Waals surface area (Å²) in [4.78, 5) is 32.7. The number of carbonyl (C=O) groups excluding carboxylic acids is 1. The molecule has 2 aliphatic rings. The summed E-state index contributed by atoms with van der Waals surface area (Å²) in [5.41, 5.74) is -1.81. The van der Waals surface area contributed by atoms with Gasteiger partial charge in [-0.25, -0.2) is 13.8 Å². The van der Waals surface area contributed by atoms with Crippen LogP contribution in [-0.4, -0.2) is 63.0 Å². The molecule has 2 aromatic heterocycles. The predicted molar refractivity (Wildman–Crippen MR) is 130 cm³/mol. The number of fused-ring (bicyclic) bond motifs is 1. The average molecular weight is 564 g/mol. The van der Waals surface area contributed by atoms with E-state index in [0.29, 0.717) is 20.8 Å². The Hall–Kier alpha value is -2.65. The van der Waals surface area contributed by atoms with Gasteiger partial charge in [0.15, 0.2) is 0 Å². The smallest absolute Gasteiger partial charge is 0.263 e. The van der Waals surface area contributed by atoms with Crippen LogP contribution in [0.1, 0.15) is 18.2 Å². The largest absolute Gasteiger partial charge is 0.384 e. The first-order chi connectivity index (χ1) is 16.6. The van der Waals surface area contributed by atoms with Gasteiger partial charge in [-0.15, -0.1) is 11.3 Å². The summed E-state index contributed by atoms with van der Waals surface area (Å²) in [6, 6.07) is 4.38. The molecule has 0 spiro atoms. The molecule has 7 nitrogen and oxygen atoms in total. The number of alkyl halides is 1. The van der Waals surface area contributed by atoms with E-state index in [9.17, 15) is 23.5 Å². The molecule has 11 heteroatoms. The maximum absolute atomic E-state index is 13.9. The number of ether oxygens (including phenoxy) is 1.